The number of rotatable bonds is 2. The summed E-state index contributed by atoms with van der Waals surface area (Å²) in [5, 5.41) is 18.9. The fourth-order valence-electron chi connectivity index (χ4n) is 1.94. The summed E-state index contributed by atoms with van der Waals surface area (Å²) in [7, 11) is 0. The number of terminal acetylenes is 1. The monoisotopic (exact) mass is 302 g/mol. The molecule has 4 atom stereocenters. The fraction of sp³-hybridized carbons (Fsp3) is 0.455. The molecule has 1 aromatic rings. The number of nitrogens with zero attached hydrogens (tertiary/aromatic N) is 1. The molecule has 102 valence electrons. The van der Waals surface area contributed by atoms with Crippen LogP contribution in [0.3, 0.4) is 0 Å². The average Bonchev–Trinajstić information content (AvgIpc) is 2.63. The van der Waals surface area contributed by atoms with Crippen LogP contribution in [0, 0.1) is 21.8 Å². The molecule has 1 saturated heterocycles. The third-order valence-electron chi connectivity index (χ3n) is 2.95. The molecule has 0 aliphatic carbocycles. The van der Waals surface area contributed by atoms with Gasteiger partial charge in [-0.2, -0.15) is 0 Å². The first kappa shape index (κ1) is 14.3. The van der Waals surface area contributed by atoms with Crippen LogP contribution in [0.4, 0.5) is 4.39 Å². The number of hydrogen-bond donors (Lipinski definition) is 3. The van der Waals surface area contributed by atoms with Crippen LogP contribution in [0.25, 0.3) is 0 Å². The van der Waals surface area contributed by atoms with Crippen molar-refractivity contribution < 1.29 is 19.3 Å². The van der Waals surface area contributed by atoms with Gasteiger partial charge in [-0.3, -0.25) is 4.57 Å². The van der Waals surface area contributed by atoms with E-state index in [0.29, 0.717) is 4.64 Å². The first-order valence-electron chi connectivity index (χ1n) is 5.36. The highest BCUT2D eigenvalue weighted by Gasteiger charge is 2.57. The lowest BCUT2D eigenvalue weighted by Gasteiger charge is -2.24. The van der Waals surface area contributed by atoms with Gasteiger partial charge in [0, 0.05) is 6.20 Å². The minimum absolute atomic E-state index is 0.112. The van der Waals surface area contributed by atoms with Crippen LogP contribution in [0.5, 0.6) is 0 Å². The Morgan fingerprint density at radius 1 is 1.63 bits per heavy atom. The van der Waals surface area contributed by atoms with Crippen LogP contribution < -0.4 is 0 Å². The van der Waals surface area contributed by atoms with E-state index in [2.05, 4.69) is 4.98 Å². The summed E-state index contributed by atoms with van der Waals surface area (Å²) in [5.74, 6) is 1.88. The summed E-state index contributed by atoms with van der Waals surface area (Å²) in [5.41, 5.74) is -2.48. The Kier molecular flexibility index (Phi) is 3.85. The molecule has 0 aromatic carbocycles. The predicted molar refractivity (Wildman–Crippen MR) is 70.1 cm³/mol. The van der Waals surface area contributed by atoms with Crippen molar-refractivity contribution in [2.75, 3.05) is 6.61 Å². The third kappa shape index (κ3) is 2.24. The Bertz CT molecular complexity index is 638. The second-order valence-electron chi connectivity index (χ2n) is 4.08. The minimum Gasteiger partial charge on any atom is -0.394 e. The van der Waals surface area contributed by atoms with Crippen molar-refractivity contribution in [1.82, 2.24) is 9.55 Å². The Morgan fingerprint density at radius 2 is 2.32 bits per heavy atom. The number of alkyl halides is 1. The van der Waals surface area contributed by atoms with Crippen LogP contribution in [0.15, 0.2) is 12.3 Å². The number of aromatic amines is 1. The highest BCUT2D eigenvalue weighted by Crippen LogP contribution is 2.41. The molecule has 19 heavy (non-hydrogen) atoms. The molecule has 0 amide bonds. The molecule has 0 spiro atoms. The topological polar surface area (TPSA) is 70.4 Å². The lowest BCUT2D eigenvalue weighted by atomic mass is 9.97. The molecule has 1 aliphatic heterocycles. The van der Waals surface area contributed by atoms with Crippen molar-refractivity contribution in [2.45, 2.75) is 24.1 Å². The normalized spacial score (nSPS) is 34.1. The summed E-state index contributed by atoms with van der Waals surface area (Å²) in [6.07, 6.45) is 2.49. The van der Waals surface area contributed by atoms with Gasteiger partial charge in [-0.1, -0.05) is 18.1 Å². The SMILES string of the molecule is C#CC1(F)[C@@H](O)[C@@H](CO)O[C@H]1n1ccc(=S)[nH]c1=S. The second kappa shape index (κ2) is 5.11. The van der Waals surface area contributed by atoms with Crippen LogP contribution in [-0.2, 0) is 4.74 Å². The lowest BCUT2D eigenvalue weighted by Crippen LogP contribution is -2.42. The predicted octanol–water partition coefficient (Wildman–Crippen LogP) is 0.867. The number of ether oxygens (including phenoxy) is 1. The van der Waals surface area contributed by atoms with Gasteiger partial charge in [0.2, 0.25) is 5.67 Å². The summed E-state index contributed by atoms with van der Waals surface area (Å²) >= 11 is 9.91. The molecule has 5 nitrogen and oxygen atoms in total. The molecular weight excluding hydrogens is 291 g/mol. The summed E-state index contributed by atoms with van der Waals surface area (Å²) in [6.45, 7) is -0.554. The zero-order valence-electron chi connectivity index (χ0n) is 9.62. The smallest absolute Gasteiger partial charge is 0.243 e. The van der Waals surface area contributed by atoms with Crippen molar-refractivity contribution in [3.8, 4) is 12.3 Å². The van der Waals surface area contributed by atoms with Crippen molar-refractivity contribution in [3.63, 3.8) is 0 Å². The van der Waals surface area contributed by atoms with Gasteiger partial charge in [-0.15, -0.1) is 6.42 Å². The third-order valence-corrected chi connectivity index (χ3v) is 3.50. The molecule has 1 aliphatic rings. The first-order chi connectivity index (χ1) is 8.93. The van der Waals surface area contributed by atoms with Gasteiger partial charge >= 0.3 is 0 Å². The van der Waals surface area contributed by atoms with Crippen LogP contribution in [-0.4, -0.2) is 44.2 Å². The Hall–Kier alpha value is -1.11. The van der Waals surface area contributed by atoms with Gasteiger partial charge < -0.3 is 19.9 Å². The fourth-order valence-corrected chi connectivity index (χ4v) is 2.42. The molecular formula is C11H11FN2O3S2. The van der Waals surface area contributed by atoms with Crippen LogP contribution in [0.1, 0.15) is 6.23 Å². The molecule has 1 aromatic heterocycles. The van der Waals surface area contributed by atoms with E-state index < -0.39 is 30.7 Å². The molecule has 1 fully saturated rings. The van der Waals surface area contributed by atoms with E-state index in [4.69, 9.17) is 40.7 Å². The number of halogens is 1. The van der Waals surface area contributed by atoms with E-state index in [1.807, 2.05) is 5.92 Å². The van der Waals surface area contributed by atoms with E-state index in [9.17, 15) is 9.50 Å². The summed E-state index contributed by atoms with van der Waals surface area (Å²) in [4.78, 5) is 2.66. The quantitative estimate of drug-likeness (QED) is 0.558. The first-order valence-corrected chi connectivity index (χ1v) is 6.18. The van der Waals surface area contributed by atoms with Crippen molar-refractivity contribution in [1.29, 1.82) is 0 Å². The standard InChI is InChI=1S/C11H11FN2O3S2/c1-2-11(12)8(16)6(5-15)17-9(11)14-4-3-7(18)13-10(14)19/h1,3-4,6,8-9,15-16H,5H2,(H,13,18,19)/t6-,8+,9-,11?/m1/s1. The van der Waals surface area contributed by atoms with Gasteiger partial charge in [0.05, 0.1) is 6.61 Å². The molecule has 0 radical (unpaired) electrons. The Balaban J connectivity index is 2.52. The van der Waals surface area contributed by atoms with Crippen LogP contribution in [0.2, 0.25) is 0 Å². The van der Waals surface area contributed by atoms with Gasteiger partial charge in [0.1, 0.15) is 16.8 Å². The van der Waals surface area contributed by atoms with Gasteiger partial charge in [-0.25, -0.2) is 4.39 Å². The lowest BCUT2D eigenvalue weighted by molar-refractivity contribution is -0.0534. The summed E-state index contributed by atoms with van der Waals surface area (Å²) < 4.78 is 21.7. The zero-order chi connectivity index (χ0) is 14.2. The number of nitrogens with one attached hydrogen (secondary N) is 1. The number of H-pyrrole nitrogens is 1. The van der Waals surface area contributed by atoms with Gasteiger partial charge in [0.15, 0.2) is 11.0 Å². The number of aliphatic hydroxyl groups excluding tert-OH is 2. The maximum absolute atomic E-state index is 14.7. The maximum atomic E-state index is 14.7. The average molecular weight is 302 g/mol. The zero-order valence-corrected chi connectivity index (χ0v) is 11.2. The summed E-state index contributed by atoms with van der Waals surface area (Å²) in [6, 6.07) is 1.49. The van der Waals surface area contributed by atoms with Crippen molar-refractivity contribution >= 4 is 24.4 Å². The van der Waals surface area contributed by atoms with E-state index in [0.717, 1.165) is 0 Å². The number of aromatic nitrogens is 2. The molecule has 2 heterocycles. The highest BCUT2D eigenvalue weighted by molar-refractivity contribution is 7.72. The molecule has 2 rings (SSSR count). The van der Waals surface area contributed by atoms with E-state index in [-0.39, 0.29) is 4.77 Å². The van der Waals surface area contributed by atoms with E-state index >= 15 is 0 Å². The van der Waals surface area contributed by atoms with Crippen molar-refractivity contribution in [3.05, 3.63) is 21.7 Å². The van der Waals surface area contributed by atoms with E-state index in [1.54, 1.807) is 0 Å². The molecule has 3 N–H and O–H groups in total. The number of aliphatic hydroxyl groups is 2. The van der Waals surface area contributed by atoms with Crippen LogP contribution >= 0.6 is 24.4 Å². The minimum atomic E-state index is -2.48. The highest BCUT2D eigenvalue weighted by atomic mass is 32.1. The second-order valence-corrected chi connectivity index (χ2v) is 4.91. The molecule has 1 unspecified atom stereocenters. The maximum Gasteiger partial charge on any atom is 0.243 e. The number of hydrogen-bond acceptors (Lipinski definition) is 5. The molecule has 8 heteroatoms. The largest absolute Gasteiger partial charge is 0.394 e. The van der Waals surface area contributed by atoms with Crippen molar-refractivity contribution in [2.24, 2.45) is 0 Å². The molecule has 0 saturated carbocycles. The van der Waals surface area contributed by atoms with Gasteiger partial charge in [-0.05, 0) is 18.3 Å². The Morgan fingerprint density at radius 3 is 2.84 bits per heavy atom. The Labute approximate surface area is 118 Å². The van der Waals surface area contributed by atoms with Gasteiger partial charge in [0.25, 0.3) is 0 Å². The van der Waals surface area contributed by atoms with E-state index in [1.165, 1.54) is 16.8 Å². The molecule has 0 bridgehead atoms.